The molecule has 0 unspecified atom stereocenters. The number of unbranched alkanes of at least 4 members (excludes halogenated alkanes) is 23. The van der Waals surface area contributed by atoms with Crippen LogP contribution >= 0.6 is 0 Å². The van der Waals surface area contributed by atoms with Crippen LogP contribution in [-0.2, 0) is 23.9 Å². The van der Waals surface area contributed by atoms with Gasteiger partial charge in [0.1, 0.15) is 6.61 Å². The third-order valence-electron chi connectivity index (χ3n) is 8.72. The molecule has 0 rings (SSSR count). The van der Waals surface area contributed by atoms with E-state index >= 15 is 0 Å². The molecule has 0 fully saturated rings. The van der Waals surface area contributed by atoms with Crippen molar-refractivity contribution >= 4 is 17.7 Å². The lowest BCUT2D eigenvalue weighted by Crippen LogP contribution is -2.28. The minimum atomic E-state index is -0.792. The number of carbonyl (C=O) groups is 3. The molecule has 0 aliphatic heterocycles. The highest BCUT2D eigenvalue weighted by atomic mass is 16.6. The number of aliphatic hydroxyl groups is 1. The third-order valence-corrected chi connectivity index (χ3v) is 8.72. The molecule has 0 spiro atoms. The van der Waals surface area contributed by atoms with Gasteiger partial charge in [-0.1, -0.05) is 167 Å². The van der Waals surface area contributed by atoms with Gasteiger partial charge in [-0.25, -0.2) is 0 Å². The molecule has 1 atom stereocenters. The van der Waals surface area contributed by atoms with Crippen molar-refractivity contribution in [3.8, 4) is 0 Å². The Hall–Kier alpha value is -1.95. The van der Waals surface area contributed by atoms with E-state index in [2.05, 4.69) is 19.9 Å². The molecule has 0 saturated carbocycles. The third kappa shape index (κ3) is 35.2. The molecule has 0 aromatic rings. The number of ketones is 1. The summed E-state index contributed by atoms with van der Waals surface area (Å²) in [5.74, 6) is -0.445. The molecular formula is C41H74O6. The van der Waals surface area contributed by atoms with Gasteiger partial charge in [0.05, 0.1) is 6.61 Å². The summed E-state index contributed by atoms with van der Waals surface area (Å²) in [6, 6.07) is 0. The zero-order chi connectivity index (χ0) is 34.5. The Morgan fingerprint density at radius 1 is 0.532 bits per heavy atom. The first-order valence-electron chi connectivity index (χ1n) is 19.8. The van der Waals surface area contributed by atoms with E-state index < -0.39 is 6.10 Å². The lowest BCUT2D eigenvalue weighted by Gasteiger charge is -2.15. The molecular weight excluding hydrogens is 588 g/mol. The first-order chi connectivity index (χ1) is 23.0. The Morgan fingerprint density at radius 2 is 0.957 bits per heavy atom. The Bertz CT molecular complexity index is 774. The summed E-state index contributed by atoms with van der Waals surface area (Å²) in [4.78, 5) is 35.9. The summed E-state index contributed by atoms with van der Waals surface area (Å²) in [7, 11) is 0. The van der Waals surface area contributed by atoms with Crippen molar-refractivity contribution in [1.29, 1.82) is 0 Å². The number of ether oxygens (including phenoxy) is 2. The Labute approximate surface area is 289 Å². The largest absolute Gasteiger partial charge is 0.462 e. The van der Waals surface area contributed by atoms with E-state index in [-0.39, 0.29) is 30.9 Å². The van der Waals surface area contributed by atoms with Crippen molar-refractivity contribution < 1.29 is 29.0 Å². The van der Waals surface area contributed by atoms with Gasteiger partial charge in [0.2, 0.25) is 0 Å². The second kappa shape index (κ2) is 36.9. The summed E-state index contributed by atoms with van der Waals surface area (Å²) in [5, 5.41) is 9.54. The van der Waals surface area contributed by atoms with Gasteiger partial charge < -0.3 is 14.6 Å². The first-order valence-corrected chi connectivity index (χ1v) is 19.8. The highest BCUT2D eigenvalue weighted by Crippen LogP contribution is 2.15. The fraction of sp³-hybridized carbons (Fsp3) is 0.829. The monoisotopic (exact) mass is 663 g/mol. The molecule has 0 heterocycles. The van der Waals surface area contributed by atoms with E-state index in [1.54, 1.807) is 6.08 Å². The van der Waals surface area contributed by atoms with Crippen LogP contribution in [0.25, 0.3) is 0 Å². The molecule has 274 valence electrons. The number of allylic oxidation sites excluding steroid dienone is 4. The second-order valence-corrected chi connectivity index (χ2v) is 13.4. The van der Waals surface area contributed by atoms with E-state index in [4.69, 9.17) is 9.47 Å². The van der Waals surface area contributed by atoms with Crippen molar-refractivity contribution in [2.75, 3.05) is 13.2 Å². The predicted octanol–water partition coefficient (Wildman–Crippen LogP) is 11.5. The van der Waals surface area contributed by atoms with Crippen LogP contribution in [0, 0.1) is 0 Å². The van der Waals surface area contributed by atoms with Crippen LogP contribution < -0.4 is 0 Å². The van der Waals surface area contributed by atoms with Gasteiger partial charge in [0.25, 0.3) is 0 Å². The number of aliphatic hydroxyl groups excluding tert-OH is 1. The maximum absolute atomic E-state index is 12.2. The number of hydrogen-bond donors (Lipinski definition) is 1. The Morgan fingerprint density at radius 3 is 1.47 bits per heavy atom. The molecule has 0 amide bonds. The number of carbonyl (C=O) groups excluding carboxylic acids is 3. The molecule has 6 nitrogen and oxygen atoms in total. The molecule has 0 aliphatic carbocycles. The van der Waals surface area contributed by atoms with Crippen LogP contribution in [0.5, 0.6) is 0 Å². The van der Waals surface area contributed by atoms with E-state index in [0.717, 1.165) is 77.0 Å². The Balaban J connectivity index is 3.59. The summed E-state index contributed by atoms with van der Waals surface area (Å²) >= 11 is 0. The van der Waals surface area contributed by atoms with Crippen LogP contribution in [-0.4, -0.2) is 42.1 Å². The molecule has 0 radical (unpaired) electrons. The topological polar surface area (TPSA) is 89.9 Å². The average molecular weight is 663 g/mol. The minimum Gasteiger partial charge on any atom is -0.462 e. The molecule has 6 heteroatoms. The molecule has 1 N–H and O–H groups in total. The average Bonchev–Trinajstić information content (AvgIpc) is 3.07. The van der Waals surface area contributed by atoms with Gasteiger partial charge in [0.15, 0.2) is 11.9 Å². The van der Waals surface area contributed by atoms with Gasteiger partial charge in [-0.2, -0.15) is 0 Å². The maximum atomic E-state index is 12.2. The molecule has 0 aromatic carbocycles. The summed E-state index contributed by atoms with van der Waals surface area (Å²) in [5.41, 5.74) is 0. The highest BCUT2D eigenvalue weighted by Gasteiger charge is 2.16. The van der Waals surface area contributed by atoms with Crippen LogP contribution in [0.2, 0.25) is 0 Å². The van der Waals surface area contributed by atoms with Crippen molar-refractivity contribution in [2.45, 2.75) is 206 Å². The van der Waals surface area contributed by atoms with Crippen molar-refractivity contribution in [3.63, 3.8) is 0 Å². The normalized spacial score (nSPS) is 12.2. The van der Waals surface area contributed by atoms with Crippen LogP contribution in [0.1, 0.15) is 200 Å². The zero-order valence-electron chi connectivity index (χ0n) is 30.8. The summed E-state index contributed by atoms with van der Waals surface area (Å²) in [6.07, 6.45) is 39.3. The first kappa shape index (κ1) is 45.0. The molecule has 0 bridgehead atoms. The van der Waals surface area contributed by atoms with Gasteiger partial charge in [0, 0.05) is 19.3 Å². The molecule has 47 heavy (non-hydrogen) atoms. The lowest BCUT2D eigenvalue weighted by molar-refractivity contribution is -0.161. The lowest BCUT2D eigenvalue weighted by atomic mass is 10.0. The summed E-state index contributed by atoms with van der Waals surface area (Å²) < 4.78 is 10.6. The smallest absolute Gasteiger partial charge is 0.306 e. The van der Waals surface area contributed by atoms with Crippen LogP contribution in [0.15, 0.2) is 24.3 Å². The summed E-state index contributed by atoms with van der Waals surface area (Å²) in [6.45, 7) is 3.97. The van der Waals surface area contributed by atoms with Gasteiger partial charge >= 0.3 is 11.9 Å². The zero-order valence-corrected chi connectivity index (χ0v) is 30.8. The van der Waals surface area contributed by atoms with Gasteiger partial charge in [-0.3, -0.25) is 14.4 Å². The molecule has 0 aromatic heterocycles. The van der Waals surface area contributed by atoms with Crippen molar-refractivity contribution in [2.24, 2.45) is 0 Å². The Kier molecular flexibility index (Phi) is 35.3. The molecule has 0 aliphatic rings. The fourth-order valence-electron chi connectivity index (χ4n) is 5.65. The maximum Gasteiger partial charge on any atom is 0.306 e. The van der Waals surface area contributed by atoms with E-state index in [1.165, 1.54) is 89.9 Å². The van der Waals surface area contributed by atoms with E-state index in [9.17, 15) is 19.5 Å². The number of rotatable bonds is 36. The van der Waals surface area contributed by atoms with Crippen molar-refractivity contribution in [3.05, 3.63) is 24.3 Å². The van der Waals surface area contributed by atoms with Gasteiger partial charge in [-0.15, -0.1) is 0 Å². The quantitative estimate of drug-likeness (QED) is 0.0311. The van der Waals surface area contributed by atoms with Crippen LogP contribution in [0.3, 0.4) is 0 Å². The minimum absolute atomic E-state index is 0.0920. The number of hydrogen-bond acceptors (Lipinski definition) is 6. The van der Waals surface area contributed by atoms with Crippen molar-refractivity contribution in [1.82, 2.24) is 0 Å². The SMILES string of the molecule is CCCCCCCCCCCCCCCCCCCC(=O)O[C@@H](CO)COC(=O)CCCCCCC/C=C\C=C\C(=O)CCCCC. The van der Waals surface area contributed by atoms with E-state index in [0.29, 0.717) is 19.3 Å². The molecule has 0 saturated heterocycles. The predicted molar refractivity (Wildman–Crippen MR) is 196 cm³/mol. The second-order valence-electron chi connectivity index (χ2n) is 13.4. The standard InChI is InChI=1S/C41H74O6/c1-3-5-7-8-9-10-11-12-13-14-15-16-17-20-24-27-31-35-41(45)47-39(36-42)37-46-40(44)34-30-26-23-21-18-19-22-25-29-33-38(43)32-28-6-4-2/h22,25,29,33,39,42H,3-21,23-24,26-28,30-32,34-37H2,1-2H3/b25-22-,33-29+/t39-/m0/s1. The fourth-order valence-corrected chi connectivity index (χ4v) is 5.65. The number of esters is 2. The van der Waals surface area contributed by atoms with Gasteiger partial charge in [-0.05, 0) is 38.2 Å². The van der Waals surface area contributed by atoms with Crippen LogP contribution in [0.4, 0.5) is 0 Å². The van der Waals surface area contributed by atoms with E-state index in [1.807, 2.05) is 12.2 Å². The highest BCUT2D eigenvalue weighted by molar-refractivity contribution is 5.89.